The number of hydrazone groups is 1. The minimum atomic E-state index is -4.49. The maximum absolute atomic E-state index is 12.8. The van der Waals surface area contributed by atoms with Gasteiger partial charge in [0.15, 0.2) is 6.61 Å². The number of ether oxygens (including phenoxy) is 1. The zero-order chi connectivity index (χ0) is 18.4. The predicted octanol–water partition coefficient (Wildman–Crippen LogP) is 3.85. The minimum Gasteiger partial charge on any atom is -0.483 e. The van der Waals surface area contributed by atoms with E-state index in [1.54, 1.807) is 6.07 Å². The Morgan fingerprint density at radius 1 is 1.20 bits per heavy atom. The van der Waals surface area contributed by atoms with E-state index in [2.05, 4.69) is 10.5 Å². The number of amides is 1. The molecule has 2 rings (SSSR count). The van der Waals surface area contributed by atoms with Crippen LogP contribution in [0.5, 0.6) is 5.75 Å². The Hall–Kier alpha value is -2.83. The van der Waals surface area contributed by atoms with Crippen molar-refractivity contribution in [1.29, 1.82) is 0 Å². The van der Waals surface area contributed by atoms with Gasteiger partial charge in [-0.25, -0.2) is 5.43 Å². The van der Waals surface area contributed by atoms with Crippen LogP contribution >= 0.6 is 0 Å². The molecule has 0 fully saturated rings. The van der Waals surface area contributed by atoms with E-state index >= 15 is 0 Å². The maximum Gasteiger partial charge on any atom is 0.417 e. The van der Waals surface area contributed by atoms with E-state index in [1.807, 2.05) is 26.0 Å². The van der Waals surface area contributed by atoms with Crippen molar-refractivity contribution in [2.24, 2.45) is 5.10 Å². The van der Waals surface area contributed by atoms with Crippen molar-refractivity contribution in [3.8, 4) is 5.75 Å². The second kappa shape index (κ2) is 7.83. The highest BCUT2D eigenvalue weighted by Gasteiger charge is 2.32. The van der Waals surface area contributed by atoms with Gasteiger partial charge in [0, 0.05) is 5.56 Å². The number of carbonyl (C=O) groups is 1. The van der Waals surface area contributed by atoms with Crippen LogP contribution in [0.3, 0.4) is 0 Å². The van der Waals surface area contributed by atoms with E-state index in [0.29, 0.717) is 5.75 Å². The van der Waals surface area contributed by atoms with E-state index in [0.717, 1.165) is 23.4 Å². The summed E-state index contributed by atoms with van der Waals surface area (Å²) < 4.78 is 43.9. The van der Waals surface area contributed by atoms with Gasteiger partial charge in [0.1, 0.15) is 5.75 Å². The molecule has 0 spiro atoms. The van der Waals surface area contributed by atoms with E-state index in [1.165, 1.54) is 18.2 Å². The number of aryl methyl sites for hydroxylation is 2. The van der Waals surface area contributed by atoms with Gasteiger partial charge in [-0.2, -0.15) is 18.3 Å². The minimum absolute atomic E-state index is 0.134. The highest BCUT2D eigenvalue weighted by molar-refractivity contribution is 5.84. The third-order valence-corrected chi connectivity index (χ3v) is 3.36. The van der Waals surface area contributed by atoms with Crippen molar-refractivity contribution >= 4 is 12.1 Å². The molecule has 7 heteroatoms. The fraction of sp³-hybridized carbons (Fsp3) is 0.222. The molecule has 132 valence electrons. The number of carbonyl (C=O) groups excluding carboxylic acids is 1. The van der Waals surface area contributed by atoms with Crippen LogP contribution in [0.1, 0.15) is 22.3 Å². The second-order valence-corrected chi connectivity index (χ2v) is 5.44. The van der Waals surface area contributed by atoms with Crippen molar-refractivity contribution in [2.75, 3.05) is 6.61 Å². The maximum atomic E-state index is 12.8. The number of nitrogens with one attached hydrogen (secondary N) is 1. The van der Waals surface area contributed by atoms with Gasteiger partial charge < -0.3 is 4.74 Å². The first-order valence-electron chi connectivity index (χ1n) is 7.45. The zero-order valence-electron chi connectivity index (χ0n) is 13.7. The molecule has 1 N–H and O–H groups in total. The summed E-state index contributed by atoms with van der Waals surface area (Å²) in [4.78, 5) is 11.7. The molecule has 1 amide bonds. The lowest BCUT2D eigenvalue weighted by molar-refractivity contribution is -0.137. The molecule has 0 radical (unpaired) electrons. The smallest absolute Gasteiger partial charge is 0.417 e. The number of alkyl halides is 3. The summed E-state index contributed by atoms with van der Waals surface area (Å²) in [6.45, 7) is 3.45. The monoisotopic (exact) mass is 350 g/mol. The van der Waals surface area contributed by atoms with Crippen LogP contribution in [-0.2, 0) is 11.0 Å². The highest BCUT2D eigenvalue weighted by atomic mass is 19.4. The number of nitrogens with zero attached hydrogens (tertiary/aromatic N) is 1. The van der Waals surface area contributed by atoms with Gasteiger partial charge >= 0.3 is 6.18 Å². The molecule has 25 heavy (non-hydrogen) atoms. The van der Waals surface area contributed by atoms with Crippen LogP contribution < -0.4 is 10.2 Å². The molecule has 0 saturated carbocycles. The molecule has 0 bridgehead atoms. The van der Waals surface area contributed by atoms with Crippen LogP contribution in [0.15, 0.2) is 47.6 Å². The Morgan fingerprint density at radius 3 is 2.64 bits per heavy atom. The van der Waals surface area contributed by atoms with Crippen LogP contribution in [-0.4, -0.2) is 18.7 Å². The standard InChI is InChI=1S/C18H17F3N2O2/c1-12-7-8-13(2)16(9-12)25-11-17(24)23-22-10-14-5-3-4-6-15(14)18(19,20)21/h3-10H,11H2,1-2H3,(H,23,24)/b22-10+. The van der Waals surface area contributed by atoms with Crippen LogP contribution in [0.2, 0.25) is 0 Å². The van der Waals surface area contributed by atoms with Gasteiger partial charge in [0.25, 0.3) is 5.91 Å². The molecule has 2 aromatic rings. The third kappa shape index (κ3) is 5.34. The molecule has 2 aromatic carbocycles. The first kappa shape index (κ1) is 18.5. The second-order valence-electron chi connectivity index (χ2n) is 5.44. The van der Waals surface area contributed by atoms with Gasteiger partial charge in [0.05, 0.1) is 11.8 Å². The Bertz CT molecular complexity index is 786. The largest absolute Gasteiger partial charge is 0.483 e. The first-order valence-corrected chi connectivity index (χ1v) is 7.45. The van der Waals surface area contributed by atoms with Crippen LogP contribution in [0.4, 0.5) is 13.2 Å². The number of hydrogen-bond acceptors (Lipinski definition) is 3. The van der Waals surface area contributed by atoms with Crippen LogP contribution in [0, 0.1) is 13.8 Å². The Kier molecular flexibility index (Phi) is 5.80. The number of rotatable bonds is 5. The van der Waals surface area contributed by atoms with Gasteiger partial charge in [-0.15, -0.1) is 0 Å². The van der Waals surface area contributed by atoms with Crippen LogP contribution in [0.25, 0.3) is 0 Å². The summed E-state index contributed by atoms with van der Waals surface area (Å²) in [6.07, 6.45) is -3.53. The Balaban J connectivity index is 1.94. The molecule has 4 nitrogen and oxygen atoms in total. The van der Waals surface area contributed by atoms with Crippen molar-refractivity contribution in [1.82, 2.24) is 5.43 Å². The summed E-state index contributed by atoms with van der Waals surface area (Å²) in [5, 5.41) is 3.56. The van der Waals surface area contributed by atoms with Crippen molar-refractivity contribution < 1.29 is 22.7 Å². The molecular weight excluding hydrogens is 333 g/mol. The highest BCUT2D eigenvalue weighted by Crippen LogP contribution is 2.31. The fourth-order valence-electron chi connectivity index (χ4n) is 2.08. The predicted molar refractivity (Wildman–Crippen MR) is 88.6 cm³/mol. The lowest BCUT2D eigenvalue weighted by atomic mass is 10.1. The summed E-state index contributed by atoms with van der Waals surface area (Å²) in [7, 11) is 0. The molecule has 0 saturated heterocycles. The van der Waals surface area contributed by atoms with Crippen molar-refractivity contribution in [3.05, 3.63) is 64.7 Å². The van der Waals surface area contributed by atoms with Gasteiger partial charge in [0.2, 0.25) is 0 Å². The number of benzene rings is 2. The van der Waals surface area contributed by atoms with Gasteiger partial charge in [-0.3, -0.25) is 4.79 Å². The lowest BCUT2D eigenvalue weighted by Gasteiger charge is -2.10. The average Bonchev–Trinajstić information content (AvgIpc) is 2.55. The lowest BCUT2D eigenvalue weighted by Crippen LogP contribution is -2.25. The number of hydrogen-bond donors (Lipinski definition) is 1. The topological polar surface area (TPSA) is 50.7 Å². The normalized spacial score (nSPS) is 11.6. The number of halogens is 3. The summed E-state index contributed by atoms with van der Waals surface area (Å²) in [5.41, 5.74) is 3.06. The van der Waals surface area contributed by atoms with E-state index in [-0.39, 0.29) is 12.2 Å². The van der Waals surface area contributed by atoms with Crippen molar-refractivity contribution in [2.45, 2.75) is 20.0 Å². The quantitative estimate of drug-likeness (QED) is 0.658. The SMILES string of the molecule is Cc1ccc(C)c(OCC(=O)N/N=C/c2ccccc2C(F)(F)F)c1. The molecule has 0 unspecified atom stereocenters. The Labute approximate surface area is 143 Å². The molecule has 0 heterocycles. The molecular formula is C18H17F3N2O2. The van der Waals surface area contributed by atoms with Gasteiger partial charge in [-0.05, 0) is 37.1 Å². The van der Waals surface area contributed by atoms with Crippen molar-refractivity contribution in [3.63, 3.8) is 0 Å². The molecule has 0 aliphatic carbocycles. The average molecular weight is 350 g/mol. The van der Waals surface area contributed by atoms with E-state index < -0.39 is 17.6 Å². The molecule has 0 aromatic heterocycles. The Morgan fingerprint density at radius 2 is 1.92 bits per heavy atom. The molecule has 0 aliphatic rings. The van der Waals surface area contributed by atoms with E-state index in [4.69, 9.17) is 4.74 Å². The molecule has 0 aliphatic heterocycles. The zero-order valence-corrected chi connectivity index (χ0v) is 13.7. The third-order valence-electron chi connectivity index (χ3n) is 3.36. The van der Waals surface area contributed by atoms with E-state index in [9.17, 15) is 18.0 Å². The summed E-state index contributed by atoms with van der Waals surface area (Å²) >= 11 is 0. The summed E-state index contributed by atoms with van der Waals surface area (Å²) in [5.74, 6) is 0.00296. The first-order chi connectivity index (χ1) is 11.8. The fourth-order valence-corrected chi connectivity index (χ4v) is 2.08. The van der Waals surface area contributed by atoms with Gasteiger partial charge in [-0.1, -0.05) is 30.3 Å². The summed E-state index contributed by atoms with van der Waals surface area (Å²) in [6, 6.07) is 10.6. The molecule has 0 atom stereocenters.